The van der Waals surface area contributed by atoms with E-state index in [4.69, 9.17) is 9.47 Å². The fourth-order valence-corrected chi connectivity index (χ4v) is 3.33. The molecule has 2 aliphatic heterocycles. The molecule has 2 saturated heterocycles. The van der Waals surface area contributed by atoms with Gasteiger partial charge in [0.25, 0.3) is 0 Å². The highest BCUT2D eigenvalue weighted by atomic mass is 16.5. The number of rotatable bonds is 4. The van der Waals surface area contributed by atoms with E-state index in [1.807, 2.05) is 13.2 Å². The lowest BCUT2D eigenvalue weighted by atomic mass is 10.0. The van der Waals surface area contributed by atoms with Gasteiger partial charge in [-0.25, -0.2) is 4.98 Å². The molecule has 0 bridgehead atoms. The zero-order valence-electron chi connectivity index (χ0n) is 13.3. The molecule has 6 heteroatoms. The van der Waals surface area contributed by atoms with Gasteiger partial charge < -0.3 is 14.8 Å². The second kappa shape index (κ2) is 7.85. The van der Waals surface area contributed by atoms with Gasteiger partial charge in [0.05, 0.1) is 25.1 Å². The average molecular weight is 306 g/mol. The van der Waals surface area contributed by atoms with Gasteiger partial charge in [-0.2, -0.15) is 0 Å². The summed E-state index contributed by atoms with van der Waals surface area (Å²) in [4.78, 5) is 11.4. The van der Waals surface area contributed by atoms with E-state index in [2.05, 4.69) is 20.2 Å². The Morgan fingerprint density at radius 1 is 1.23 bits per heavy atom. The second-order valence-corrected chi connectivity index (χ2v) is 6.13. The summed E-state index contributed by atoms with van der Waals surface area (Å²) in [6, 6.07) is 0.646. The smallest absolute Gasteiger partial charge is 0.144 e. The van der Waals surface area contributed by atoms with Crippen LogP contribution in [0.4, 0.5) is 5.82 Å². The molecular formula is C16H26N4O2. The first kappa shape index (κ1) is 15.6. The second-order valence-electron chi connectivity index (χ2n) is 6.13. The summed E-state index contributed by atoms with van der Waals surface area (Å²) in [5.74, 6) is 1.31. The number of anilines is 1. The third-order valence-electron chi connectivity index (χ3n) is 4.51. The number of hydrogen-bond acceptors (Lipinski definition) is 6. The molecule has 22 heavy (non-hydrogen) atoms. The molecule has 0 saturated carbocycles. The molecule has 0 radical (unpaired) electrons. The summed E-state index contributed by atoms with van der Waals surface area (Å²) >= 11 is 0. The molecule has 3 heterocycles. The van der Waals surface area contributed by atoms with Crippen LogP contribution in [-0.2, 0) is 15.9 Å². The largest absolute Gasteiger partial charge is 0.381 e. The average Bonchev–Trinajstić information content (AvgIpc) is 2.81. The van der Waals surface area contributed by atoms with Gasteiger partial charge in [-0.15, -0.1) is 0 Å². The lowest BCUT2D eigenvalue weighted by Gasteiger charge is -2.34. The minimum absolute atomic E-state index is 0.478. The summed E-state index contributed by atoms with van der Waals surface area (Å²) < 4.78 is 11.3. The Morgan fingerprint density at radius 3 is 2.91 bits per heavy atom. The first-order chi connectivity index (χ1) is 10.8. The third-order valence-corrected chi connectivity index (χ3v) is 4.51. The highest BCUT2D eigenvalue weighted by molar-refractivity contribution is 5.30. The van der Waals surface area contributed by atoms with E-state index < -0.39 is 0 Å². The molecule has 0 unspecified atom stereocenters. The molecule has 6 nitrogen and oxygen atoms in total. The molecule has 0 spiro atoms. The van der Waals surface area contributed by atoms with Crippen LogP contribution >= 0.6 is 0 Å². The number of nitrogens with one attached hydrogen (secondary N) is 1. The molecule has 122 valence electrons. The van der Waals surface area contributed by atoms with E-state index in [9.17, 15) is 0 Å². The van der Waals surface area contributed by atoms with Crippen molar-refractivity contribution in [2.45, 2.75) is 25.3 Å². The summed E-state index contributed by atoms with van der Waals surface area (Å²) in [5, 5.41) is 3.05. The summed E-state index contributed by atoms with van der Waals surface area (Å²) in [6.45, 7) is 5.53. The Balaban J connectivity index is 1.61. The van der Waals surface area contributed by atoms with Gasteiger partial charge >= 0.3 is 0 Å². The minimum Gasteiger partial charge on any atom is -0.381 e. The van der Waals surface area contributed by atoms with E-state index in [1.165, 1.54) is 0 Å². The molecule has 1 aromatic heterocycles. The third kappa shape index (κ3) is 4.15. The normalized spacial score (nSPS) is 24.9. The van der Waals surface area contributed by atoms with Crippen LogP contribution in [-0.4, -0.2) is 67.5 Å². The van der Waals surface area contributed by atoms with Crippen molar-refractivity contribution in [3.63, 3.8) is 0 Å². The van der Waals surface area contributed by atoms with Gasteiger partial charge in [0, 0.05) is 51.5 Å². The Morgan fingerprint density at radius 2 is 2.09 bits per heavy atom. The highest BCUT2D eigenvalue weighted by Crippen LogP contribution is 2.20. The zero-order chi connectivity index (χ0) is 15.2. The number of aromatic nitrogens is 2. The zero-order valence-corrected chi connectivity index (χ0v) is 13.3. The SMILES string of the molecule is CNc1cncc(C[C@H]2COCCN(C3CCOCC3)C2)n1. The Hall–Kier alpha value is -1.24. The lowest BCUT2D eigenvalue weighted by molar-refractivity contribution is 0.0308. The fourth-order valence-electron chi connectivity index (χ4n) is 3.33. The maximum Gasteiger partial charge on any atom is 0.144 e. The summed E-state index contributed by atoms with van der Waals surface area (Å²) in [7, 11) is 1.87. The Labute approximate surface area is 132 Å². The van der Waals surface area contributed by atoms with E-state index in [0.29, 0.717) is 12.0 Å². The summed E-state index contributed by atoms with van der Waals surface area (Å²) in [5.41, 5.74) is 1.04. The standard InChI is InChI=1S/C16H26N4O2/c1-17-16-10-18-9-14(19-16)8-13-11-20(4-7-22-12-13)15-2-5-21-6-3-15/h9-10,13,15H,2-8,11-12H2,1H3,(H,17,19)/t13-/m1/s1. The van der Waals surface area contributed by atoms with Crippen LogP contribution in [0.2, 0.25) is 0 Å². The van der Waals surface area contributed by atoms with Crippen LogP contribution in [0.1, 0.15) is 18.5 Å². The van der Waals surface area contributed by atoms with Crippen molar-refractivity contribution in [1.82, 2.24) is 14.9 Å². The van der Waals surface area contributed by atoms with Crippen LogP contribution in [0, 0.1) is 5.92 Å². The van der Waals surface area contributed by atoms with Crippen molar-refractivity contribution in [3.05, 3.63) is 18.1 Å². The molecule has 0 aromatic carbocycles. The van der Waals surface area contributed by atoms with Crippen LogP contribution in [0.25, 0.3) is 0 Å². The molecule has 0 amide bonds. The van der Waals surface area contributed by atoms with Gasteiger partial charge in [0.15, 0.2) is 0 Å². The van der Waals surface area contributed by atoms with Gasteiger partial charge in [0.1, 0.15) is 5.82 Å². The van der Waals surface area contributed by atoms with Crippen LogP contribution in [0.3, 0.4) is 0 Å². The molecule has 3 rings (SSSR count). The van der Waals surface area contributed by atoms with Crippen LogP contribution < -0.4 is 5.32 Å². The first-order valence-corrected chi connectivity index (χ1v) is 8.23. The van der Waals surface area contributed by atoms with Gasteiger partial charge in [0.2, 0.25) is 0 Å². The molecule has 2 aliphatic rings. The van der Waals surface area contributed by atoms with Crippen molar-refractivity contribution >= 4 is 5.82 Å². The van der Waals surface area contributed by atoms with E-state index >= 15 is 0 Å². The first-order valence-electron chi connectivity index (χ1n) is 8.23. The van der Waals surface area contributed by atoms with Gasteiger partial charge in [-0.05, 0) is 19.3 Å². The maximum absolute atomic E-state index is 5.82. The van der Waals surface area contributed by atoms with Gasteiger partial charge in [-0.1, -0.05) is 0 Å². The lowest BCUT2D eigenvalue weighted by Crippen LogP contribution is -2.42. The number of hydrogen-bond donors (Lipinski definition) is 1. The summed E-state index contributed by atoms with van der Waals surface area (Å²) in [6.07, 6.45) is 6.82. The molecule has 2 fully saturated rings. The predicted molar refractivity (Wildman–Crippen MR) is 85.0 cm³/mol. The minimum atomic E-state index is 0.478. The molecule has 0 aliphatic carbocycles. The molecule has 1 atom stereocenters. The maximum atomic E-state index is 5.82. The van der Waals surface area contributed by atoms with E-state index in [-0.39, 0.29) is 0 Å². The number of ether oxygens (including phenoxy) is 2. The van der Waals surface area contributed by atoms with Crippen molar-refractivity contribution in [3.8, 4) is 0 Å². The van der Waals surface area contributed by atoms with Gasteiger partial charge in [-0.3, -0.25) is 9.88 Å². The quantitative estimate of drug-likeness (QED) is 0.902. The predicted octanol–water partition coefficient (Wildman–Crippen LogP) is 1.19. The monoisotopic (exact) mass is 306 g/mol. The molecular weight excluding hydrogens is 280 g/mol. The topological polar surface area (TPSA) is 59.5 Å². The highest BCUT2D eigenvalue weighted by Gasteiger charge is 2.26. The van der Waals surface area contributed by atoms with Crippen LogP contribution in [0.5, 0.6) is 0 Å². The van der Waals surface area contributed by atoms with Crippen molar-refractivity contribution < 1.29 is 9.47 Å². The fraction of sp³-hybridized carbons (Fsp3) is 0.750. The molecule has 1 N–H and O–H groups in total. The van der Waals surface area contributed by atoms with E-state index in [0.717, 1.165) is 70.3 Å². The van der Waals surface area contributed by atoms with E-state index in [1.54, 1.807) is 6.20 Å². The van der Waals surface area contributed by atoms with Crippen molar-refractivity contribution in [2.75, 3.05) is 51.9 Å². The number of nitrogens with zero attached hydrogens (tertiary/aromatic N) is 3. The molecule has 1 aromatic rings. The van der Waals surface area contributed by atoms with Crippen molar-refractivity contribution in [1.29, 1.82) is 0 Å². The van der Waals surface area contributed by atoms with Crippen LogP contribution in [0.15, 0.2) is 12.4 Å². The van der Waals surface area contributed by atoms with Crippen molar-refractivity contribution in [2.24, 2.45) is 5.92 Å². The Kier molecular flexibility index (Phi) is 5.58. The Bertz CT molecular complexity index is 465.